The summed E-state index contributed by atoms with van der Waals surface area (Å²) in [6.45, 7) is 0.940. The molecule has 4 fully saturated rings. The molecule has 232 valence electrons. The molecular formula is C27H46O13. The third-order valence-electron chi connectivity index (χ3n) is 8.76. The van der Waals surface area contributed by atoms with Gasteiger partial charge < -0.3 is 59.4 Å². The Morgan fingerprint density at radius 1 is 0.775 bits per heavy atom. The Kier molecular flexibility index (Phi) is 11.6. The van der Waals surface area contributed by atoms with Crippen molar-refractivity contribution >= 4 is 5.97 Å². The summed E-state index contributed by atoms with van der Waals surface area (Å²) >= 11 is 0. The van der Waals surface area contributed by atoms with Crippen LogP contribution in [0.1, 0.15) is 71.1 Å². The summed E-state index contributed by atoms with van der Waals surface area (Å²) in [5.74, 6) is -1.02. The van der Waals surface area contributed by atoms with Crippen LogP contribution in [0.2, 0.25) is 0 Å². The Balaban J connectivity index is 1.43. The van der Waals surface area contributed by atoms with Crippen LogP contribution in [0.15, 0.2) is 0 Å². The lowest BCUT2D eigenvalue weighted by molar-refractivity contribution is -0.345. The molecule has 0 radical (unpaired) electrons. The average molecular weight is 579 g/mol. The fourth-order valence-corrected chi connectivity index (χ4v) is 6.30. The van der Waals surface area contributed by atoms with E-state index in [0.717, 1.165) is 44.9 Å². The van der Waals surface area contributed by atoms with Crippen molar-refractivity contribution in [3.63, 3.8) is 0 Å². The Labute approximate surface area is 233 Å². The third-order valence-corrected chi connectivity index (χ3v) is 8.76. The van der Waals surface area contributed by atoms with E-state index in [2.05, 4.69) is 0 Å². The fraction of sp³-hybridized carbons (Fsp3) is 0.963. The molecule has 0 spiro atoms. The first-order chi connectivity index (χ1) is 19.1. The largest absolute Gasteiger partial charge is 0.479 e. The van der Waals surface area contributed by atoms with E-state index in [-0.39, 0.29) is 12.3 Å². The van der Waals surface area contributed by atoms with Gasteiger partial charge in [-0.05, 0) is 32.1 Å². The summed E-state index contributed by atoms with van der Waals surface area (Å²) < 4.78 is 29.2. The molecule has 4 rings (SSSR count). The van der Waals surface area contributed by atoms with Crippen LogP contribution < -0.4 is 0 Å². The van der Waals surface area contributed by atoms with Gasteiger partial charge in [-0.15, -0.1) is 0 Å². The van der Waals surface area contributed by atoms with Crippen LogP contribution in [0.4, 0.5) is 0 Å². The number of hydrogen-bond donors (Lipinski definition) is 7. The molecule has 2 aliphatic carbocycles. The van der Waals surface area contributed by atoms with Gasteiger partial charge in [0, 0.05) is 0 Å². The van der Waals surface area contributed by atoms with Gasteiger partial charge in [0.1, 0.15) is 42.7 Å². The van der Waals surface area contributed by atoms with Gasteiger partial charge in [0.05, 0.1) is 24.9 Å². The Bertz CT molecular complexity index is 794. The zero-order valence-corrected chi connectivity index (χ0v) is 22.9. The van der Waals surface area contributed by atoms with Crippen LogP contribution in [0.5, 0.6) is 0 Å². The number of carboxylic acid groups (broad SMARTS) is 1. The number of aliphatic hydroxyl groups excluding tert-OH is 6. The molecule has 0 unspecified atom stereocenters. The first-order valence-corrected chi connectivity index (χ1v) is 14.6. The molecule has 0 amide bonds. The number of carbonyl (C=O) groups is 1. The molecular weight excluding hydrogens is 532 g/mol. The highest BCUT2D eigenvalue weighted by molar-refractivity contribution is 5.72. The Morgan fingerprint density at radius 3 is 1.93 bits per heavy atom. The molecule has 13 atom stereocenters. The lowest BCUT2D eigenvalue weighted by atomic mass is 9.85. The summed E-state index contributed by atoms with van der Waals surface area (Å²) in [4.78, 5) is 12.1. The van der Waals surface area contributed by atoms with Crippen molar-refractivity contribution in [1.29, 1.82) is 0 Å². The molecule has 0 aromatic rings. The predicted octanol–water partition coefficient (Wildman–Crippen LogP) is -0.594. The van der Waals surface area contributed by atoms with Crippen LogP contribution in [-0.4, -0.2) is 128 Å². The summed E-state index contributed by atoms with van der Waals surface area (Å²) in [5, 5.41) is 72.2. The van der Waals surface area contributed by atoms with Crippen LogP contribution in [0.25, 0.3) is 0 Å². The molecule has 13 nitrogen and oxygen atoms in total. The minimum absolute atomic E-state index is 0.171. The SMILES string of the molecule is C[C@@H]1O[C@@H](O[C@@H]2CCCC[C@H]2O[C@@H]2O[C@H](CO)[C@H](O)[C@H](O[C@H](CC3CCCCC3)C(=O)O)[C@H]2O)[C@@H](O)[C@H](O)[C@@H]1O. The molecule has 4 aliphatic rings. The summed E-state index contributed by atoms with van der Waals surface area (Å²) in [6, 6.07) is 0. The van der Waals surface area contributed by atoms with Crippen molar-refractivity contribution in [2.75, 3.05) is 6.61 Å². The normalized spacial score (nSPS) is 44.3. The van der Waals surface area contributed by atoms with Gasteiger partial charge in [0.2, 0.25) is 0 Å². The van der Waals surface area contributed by atoms with Crippen molar-refractivity contribution < 1.29 is 64.2 Å². The van der Waals surface area contributed by atoms with Crippen molar-refractivity contribution in [3.8, 4) is 0 Å². The third kappa shape index (κ3) is 7.51. The first-order valence-electron chi connectivity index (χ1n) is 14.6. The van der Waals surface area contributed by atoms with Crippen LogP contribution in [0.3, 0.4) is 0 Å². The van der Waals surface area contributed by atoms with E-state index < -0.39 is 92.3 Å². The van der Waals surface area contributed by atoms with Gasteiger partial charge in [-0.2, -0.15) is 0 Å². The van der Waals surface area contributed by atoms with E-state index in [0.29, 0.717) is 12.8 Å². The fourth-order valence-electron chi connectivity index (χ4n) is 6.30. The lowest BCUT2D eigenvalue weighted by Crippen LogP contribution is -2.62. The van der Waals surface area contributed by atoms with E-state index in [9.17, 15) is 40.5 Å². The van der Waals surface area contributed by atoms with E-state index >= 15 is 0 Å². The second kappa shape index (κ2) is 14.5. The van der Waals surface area contributed by atoms with Crippen LogP contribution >= 0.6 is 0 Å². The van der Waals surface area contributed by atoms with Gasteiger partial charge in [0.15, 0.2) is 18.7 Å². The van der Waals surface area contributed by atoms with Crippen LogP contribution in [0, 0.1) is 5.92 Å². The van der Waals surface area contributed by atoms with Gasteiger partial charge >= 0.3 is 5.97 Å². The monoisotopic (exact) mass is 578 g/mol. The Morgan fingerprint density at radius 2 is 1.35 bits per heavy atom. The molecule has 2 saturated carbocycles. The first kappa shape index (κ1) is 32.0. The molecule has 40 heavy (non-hydrogen) atoms. The van der Waals surface area contributed by atoms with E-state index in [1.54, 1.807) is 6.92 Å². The van der Waals surface area contributed by atoms with E-state index in [4.69, 9.17) is 23.7 Å². The lowest BCUT2D eigenvalue weighted by Gasteiger charge is -2.46. The molecule has 13 heteroatoms. The summed E-state index contributed by atoms with van der Waals surface area (Å²) in [5.41, 5.74) is 0. The van der Waals surface area contributed by atoms with Crippen molar-refractivity contribution in [1.82, 2.24) is 0 Å². The minimum Gasteiger partial charge on any atom is -0.479 e. The number of carboxylic acids is 1. The maximum atomic E-state index is 12.1. The van der Waals surface area contributed by atoms with Gasteiger partial charge in [-0.3, -0.25) is 0 Å². The standard InChI is InChI=1S/C27H46O13/c1-13-19(29)21(31)22(32)26(36-13)38-15-9-5-6-10-16(15)39-27-23(33)24(20(30)18(12-28)40-27)37-17(25(34)35)11-14-7-3-2-4-8-14/h13-24,26-33H,2-12H2,1H3,(H,34,35)/t13-,15+,16+,17+,18+,19+,20-,21+,22-,23+,24-,26-,27+/m0/s1. The summed E-state index contributed by atoms with van der Waals surface area (Å²) in [7, 11) is 0. The minimum atomic E-state index is -1.57. The van der Waals surface area contributed by atoms with E-state index in [1.807, 2.05) is 0 Å². The number of ether oxygens (including phenoxy) is 5. The molecule has 0 bridgehead atoms. The maximum absolute atomic E-state index is 12.1. The zero-order chi connectivity index (χ0) is 29.0. The summed E-state index contributed by atoms with van der Waals surface area (Å²) in [6.07, 6.45) is -8.00. The molecule has 0 aromatic heterocycles. The number of hydrogen-bond acceptors (Lipinski definition) is 12. The van der Waals surface area contributed by atoms with Gasteiger partial charge in [-0.25, -0.2) is 4.79 Å². The highest BCUT2D eigenvalue weighted by Crippen LogP contribution is 2.34. The zero-order valence-electron chi connectivity index (χ0n) is 22.9. The van der Waals surface area contributed by atoms with Crippen molar-refractivity contribution in [2.45, 2.75) is 151 Å². The van der Waals surface area contributed by atoms with Crippen molar-refractivity contribution in [3.05, 3.63) is 0 Å². The molecule has 2 heterocycles. The number of rotatable bonds is 10. The van der Waals surface area contributed by atoms with Gasteiger partial charge in [0.25, 0.3) is 0 Å². The smallest absolute Gasteiger partial charge is 0.332 e. The number of aliphatic hydroxyl groups is 6. The molecule has 2 saturated heterocycles. The van der Waals surface area contributed by atoms with Gasteiger partial charge in [-0.1, -0.05) is 44.9 Å². The molecule has 7 N–H and O–H groups in total. The van der Waals surface area contributed by atoms with Crippen LogP contribution in [-0.2, 0) is 28.5 Å². The second-order valence-corrected chi connectivity index (χ2v) is 11.7. The molecule has 0 aromatic carbocycles. The quantitative estimate of drug-likeness (QED) is 0.173. The highest BCUT2D eigenvalue weighted by Gasteiger charge is 2.50. The Hall–Kier alpha value is -0.970. The predicted molar refractivity (Wildman–Crippen MR) is 136 cm³/mol. The van der Waals surface area contributed by atoms with E-state index in [1.165, 1.54) is 0 Å². The molecule has 2 aliphatic heterocycles. The number of aliphatic carboxylic acids is 1. The highest BCUT2D eigenvalue weighted by atomic mass is 16.7. The average Bonchev–Trinajstić information content (AvgIpc) is 2.95. The maximum Gasteiger partial charge on any atom is 0.332 e. The second-order valence-electron chi connectivity index (χ2n) is 11.7. The van der Waals surface area contributed by atoms with Crippen molar-refractivity contribution in [2.24, 2.45) is 5.92 Å². The topological polar surface area (TPSA) is 205 Å².